The summed E-state index contributed by atoms with van der Waals surface area (Å²) in [5.74, 6) is -0.160. The molecule has 1 aliphatic carbocycles. The van der Waals surface area contributed by atoms with Crippen LogP contribution in [0.4, 0.5) is 11.4 Å². The van der Waals surface area contributed by atoms with E-state index in [1.807, 2.05) is 0 Å². The first-order chi connectivity index (χ1) is 9.88. The molecule has 1 aromatic rings. The molecular weight excluding hydrogens is 270 g/mol. The van der Waals surface area contributed by atoms with Crippen LogP contribution in [0, 0.1) is 10.1 Å². The summed E-state index contributed by atoms with van der Waals surface area (Å²) >= 11 is 0. The third-order valence-corrected chi connectivity index (χ3v) is 4.23. The third kappa shape index (κ3) is 2.99. The van der Waals surface area contributed by atoms with Crippen molar-refractivity contribution in [3.63, 3.8) is 0 Å². The number of rotatable bonds is 5. The minimum absolute atomic E-state index is 0.0185. The van der Waals surface area contributed by atoms with Crippen LogP contribution in [0.2, 0.25) is 0 Å². The summed E-state index contributed by atoms with van der Waals surface area (Å²) in [6.07, 6.45) is 4.06. The van der Waals surface area contributed by atoms with Crippen molar-refractivity contribution in [1.82, 2.24) is 4.90 Å². The van der Waals surface area contributed by atoms with E-state index in [2.05, 4.69) is 12.2 Å². The molecule has 1 saturated carbocycles. The van der Waals surface area contributed by atoms with Gasteiger partial charge in [0.1, 0.15) is 5.69 Å². The molecule has 6 heteroatoms. The van der Waals surface area contributed by atoms with Gasteiger partial charge < -0.3 is 10.2 Å². The molecule has 1 fully saturated rings. The van der Waals surface area contributed by atoms with Gasteiger partial charge in [-0.05, 0) is 37.8 Å². The first-order valence-corrected chi connectivity index (χ1v) is 7.17. The number of hydrogen-bond donors (Lipinski definition) is 1. The molecule has 21 heavy (non-hydrogen) atoms. The molecule has 0 radical (unpaired) electrons. The maximum atomic E-state index is 12.0. The highest BCUT2D eigenvalue weighted by atomic mass is 16.6. The molecule has 0 heterocycles. The van der Waals surface area contributed by atoms with Gasteiger partial charge in [-0.15, -0.1) is 0 Å². The standard InChI is InChI=1S/C15H21N3O3/c1-4-15(8-5-9-15)16-12-10-11(14(19)17(2)3)6-7-13(12)18(20)21/h6-7,10,16H,4-5,8-9H2,1-3H3. The van der Waals surface area contributed by atoms with Crippen LogP contribution in [0.25, 0.3) is 0 Å². The molecule has 0 saturated heterocycles. The molecule has 0 bridgehead atoms. The van der Waals surface area contributed by atoms with Crippen LogP contribution in [0.3, 0.4) is 0 Å². The highest BCUT2D eigenvalue weighted by molar-refractivity contribution is 5.95. The van der Waals surface area contributed by atoms with E-state index in [0.29, 0.717) is 11.3 Å². The summed E-state index contributed by atoms with van der Waals surface area (Å²) in [5.41, 5.74) is 0.850. The van der Waals surface area contributed by atoms with Crippen molar-refractivity contribution in [2.24, 2.45) is 0 Å². The predicted molar refractivity (Wildman–Crippen MR) is 81.6 cm³/mol. The van der Waals surface area contributed by atoms with Crippen molar-refractivity contribution in [3.05, 3.63) is 33.9 Å². The number of anilines is 1. The van der Waals surface area contributed by atoms with Crippen molar-refractivity contribution in [3.8, 4) is 0 Å². The lowest BCUT2D eigenvalue weighted by atomic mass is 9.74. The van der Waals surface area contributed by atoms with Crippen molar-refractivity contribution in [2.45, 2.75) is 38.1 Å². The zero-order chi connectivity index (χ0) is 15.6. The molecule has 1 N–H and O–H groups in total. The maximum absolute atomic E-state index is 12.0. The smallest absolute Gasteiger partial charge is 0.292 e. The van der Waals surface area contributed by atoms with Gasteiger partial charge in [-0.3, -0.25) is 14.9 Å². The Morgan fingerprint density at radius 3 is 2.52 bits per heavy atom. The minimum Gasteiger partial charge on any atom is -0.374 e. The summed E-state index contributed by atoms with van der Waals surface area (Å²) in [7, 11) is 3.33. The molecule has 114 valence electrons. The van der Waals surface area contributed by atoms with Gasteiger partial charge in [-0.25, -0.2) is 0 Å². The number of nitrogens with one attached hydrogen (secondary N) is 1. The fraction of sp³-hybridized carbons (Fsp3) is 0.533. The predicted octanol–water partition coefficient (Wildman–Crippen LogP) is 3.04. The number of hydrogen-bond acceptors (Lipinski definition) is 4. The molecule has 0 aromatic heterocycles. The highest BCUT2D eigenvalue weighted by Crippen LogP contribution is 2.40. The van der Waals surface area contributed by atoms with E-state index < -0.39 is 4.92 Å². The van der Waals surface area contributed by atoms with Crippen LogP contribution in [0.1, 0.15) is 43.0 Å². The Kier molecular flexibility index (Phi) is 4.16. The lowest BCUT2D eigenvalue weighted by molar-refractivity contribution is -0.384. The zero-order valence-electron chi connectivity index (χ0n) is 12.7. The molecular formula is C15H21N3O3. The second kappa shape index (κ2) is 5.71. The number of amides is 1. The Bertz CT molecular complexity index is 560. The molecule has 1 amide bonds. The molecule has 2 rings (SSSR count). The molecule has 6 nitrogen and oxygen atoms in total. The summed E-state index contributed by atoms with van der Waals surface area (Å²) < 4.78 is 0. The molecule has 0 spiro atoms. The van der Waals surface area contributed by atoms with E-state index >= 15 is 0 Å². The quantitative estimate of drug-likeness (QED) is 0.668. The largest absolute Gasteiger partial charge is 0.374 e. The first-order valence-electron chi connectivity index (χ1n) is 7.17. The highest BCUT2D eigenvalue weighted by Gasteiger charge is 2.36. The second-order valence-electron chi connectivity index (χ2n) is 5.80. The Hall–Kier alpha value is -2.11. The van der Waals surface area contributed by atoms with Crippen LogP contribution in [-0.2, 0) is 0 Å². The van der Waals surface area contributed by atoms with Gasteiger partial charge >= 0.3 is 0 Å². The average molecular weight is 291 g/mol. The van der Waals surface area contributed by atoms with E-state index in [4.69, 9.17) is 0 Å². The third-order valence-electron chi connectivity index (χ3n) is 4.23. The maximum Gasteiger partial charge on any atom is 0.292 e. The fourth-order valence-electron chi connectivity index (χ4n) is 2.64. The van der Waals surface area contributed by atoms with Gasteiger partial charge in [0, 0.05) is 31.3 Å². The summed E-state index contributed by atoms with van der Waals surface area (Å²) in [5, 5.41) is 14.5. The van der Waals surface area contributed by atoms with E-state index in [1.165, 1.54) is 17.0 Å². The van der Waals surface area contributed by atoms with Crippen LogP contribution in [0.15, 0.2) is 18.2 Å². The van der Waals surface area contributed by atoms with Crippen LogP contribution < -0.4 is 5.32 Å². The monoisotopic (exact) mass is 291 g/mol. The Morgan fingerprint density at radius 2 is 2.10 bits per heavy atom. The van der Waals surface area contributed by atoms with E-state index in [0.717, 1.165) is 25.7 Å². The van der Waals surface area contributed by atoms with Crippen LogP contribution in [0.5, 0.6) is 0 Å². The molecule has 1 aromatic carbocycles. The van der Waals surface area contributed by atoms with Crippen LogP contribution >= 0.6 is 0 Å². The van der Waals surface area contributed by atoms with Gasteiger partial charge in [-0.2, -0.15) is 0 Å². The second-order valence-corrected chi connectivity index (χ2v) is 5.80. The number of carbonyl (C=O) groups excluding carboxylic acids is 1. The Balaban J connectivity index is 2.37. The summed E-state index contributed by atoms with van der Waals surface area (Å²) in [4.78, 5) is 24.3. The van der Waals surface area contributed by atoms with Gasteiger partial charge in [0.05, 0.1) is 4.92 Å². The normalized spacial score (nSPS) is 16.0. The minimum atomic E-state index is -0.408. The van der Waals surface area contributed by atoms with E-state index in [1.54, 1.807) is 20.2 Å². The van der Waals surface area contributed by atoms with Gasteiger partial charge in [0.2, 0.25) is 0 Å². The molecule has 0 unspecified atom stereocenters. The van der Waals surface area contributed by atoms with Crippen molar-refractivity contribution in [1.29, 1.82) is 0 Å². The lowest BCUT2D eigenvalue weighted by Gasteiger charge is -2.42. The van der Waals surface area contributed by atoms with Crippen molar-refractivity contribution in [2.75, 3.05) is 19.4 Å². The summed E-state index contributed by atoms with van der Waals surface area (Å²) in [6.45, 7) is 2.08. The first kappa shape index (κ1) is 15.3. The van der Waals surface area contributed by atoms with Crippen LogP contribution in [-0.4, -0.2) is 35.4 Å². The number of nitro benzene ring substituents is 1. The number of nitrogens with zero attached hydrogens (tertiary/aromatic N) is 2. The van der Waals surface area contributed by atoms with Crippen molar-refractivity contribution < 1.29 is 9.72 Å². The fourth-order valence-corrected chi connectivity index (χ4v) is 2.64. The SMILES string of the molecule is CCC1(Nc2cc(C(=O)N(C)C)ccc2[N+](=O)[O-])CCC1. The molecule has 1 aliphatic rings. The number of carbonyl (C=O) groups is 1. The molecule has 0 atom stereocenters. The Labute approximate surface area is 124 Å². The van der Waals surface area contributed by atoms with Gasteiger partial charge in [0.25, 0.3) is 11.6 Å². The van der Waals surface area contributed by atoms with Gasteiger partial charge in [-0.1, -0.05) is 6.92 Å². The number of benzene rings is 1. The topological polar surface area (TPSA) is 75.5 Å². The van der Waals surface area contributed by atoms with E-state index in [9.17, 15) is 14.9 Å². The zero-order valence-corrected chi connectivity index (χ0v) is 12.7. The average Bonchev–Trinajstić information content (AvgIpc) is 2.41. The lowest BCUT2D eigenvalue weighted by Crippen LogP contribution is -2.44. The Morgan fingerprint density at radius 1 is 1.43 bits per heavy atom. The summed E-state index contributed by atoms with van der Waals surface area (Å²) in [6, 6.07) is 4.50. The molecule has 0 aliphatic heterocycles. The van der Waals surface area contributed by atoms with Crippen molar-refractivity contribution >= 4 is 17.3 Å². The van der Waals surface area contributed by atoms with Gasteiger partial charge in [0.15, 0.2) is 0 Å². The number of nitro groups is 1. The van der Waals surface area contributed by atoms with E-state index in [-0.39, 0.29) is 17.1 Å².